The summed E-state index contributed by atoms with van der Waals surface area (Å²) >= 11 is 0.320. The zero-order valence-corrected chi connectivity index (χ0v) is 21.6. The third-order valence-electron chi connectivity index (χ3n) is 5.41. The first kappa shape index (κ1) is 31.4. The zero-order chi connectivity index (χ0) is 26.7. The van der Waals surface area contributed by atoms with Crippen molar-refractivity contribution in [3.05, 3.63) is 40.8 Å². The van der Waals surface area contributed by atoms with Crippen LogP contribution in [0.4, 0.5) is 5.69 Å². The SMILES string of the molecule is CCN(CCCCCC(=O)NN)c1ccc2cc(-c3sc(S(=O)(=O)O)cc3S(=O)(=O)O)c(=O)oc2c1.[NaH]. The number of hydrogen-bond donors (Lipinski definition) is 4. The van der Waals surface area contributed by atoms with E-state index in [1.165, 1.54) is 6.07 Å². The van der Waals surface area contributed by atoms with Crippen LogP contribution in [-0.4, -0.2) is 74.5 Å². The van der Waals surface area contributed by atoms with Crippen LogP contribution >= 0.6 is 11.3 Å². The Labute approximate surface area is 239 Å². The Morgan fingerprint density at radius 3 is 2.38 bits per heavy atom. The molecule has 0 aliphatic rings. The summed E-state index contributed by atoms with van der Waals surface area (Å²) < 4.78 is 70.1. The van der Waals surface area contributed by atoms with E-state index < -0.39 is 35.0 Å². The second-order valence-electron chi connectivity index (χ2n) is 7.84. The van der Waals surface area contributed by atoms with Gasteiger partial charge in [0.1, 0.15) is 14.7 Å². The van der Waals surface area contributed by atoms with Crippen LogP contribution in [0.5, 0.6) is 0 Å². The number of carbonyl (C=O) groups is 1. The molecule has 1 aromatic carbocycles. The summed E-state index contributed by atoms with van der Waals surface area (Å²) in [4.78, 5) is 24.8. The minimum absolute atomic E-state index is 0. The molecule has 2 aromatic heterocycles. The first-order chi connectivity index (χ1) is 16.8. The molecular formula is C21H26N3NaO9S3. The van der Waals surface area contributed by atoms with E-state index in [4.69, 9.17) is 10.3 Å². The molecule has 0 aliphatic carbocycles. The number of hydrazine groups is 1. The molecule has 5 N–H and O–H groups in total. The van der Waals surface area contributed by atoms with E-state index in [1.807, 2.05) is 6.92 Å². The summed E-state index contributed by atoms with van der Waals surface area (Å²) in [6.07, 6.45) is 2.68. The number of anilines is 1. The van der Waals surface area contributed by atoms with Crippen LogP contribution in [0.3, 0.4) is 0 Å². The van der Waals surface area contributed by atoms with Gasteiger partial charge in [-0.3, -0.25) is 19.3 Å². The maximum atomic E-state index is 12.7. The second kappa shape index (κ2) is 12.8. The Balaban J connectivity index is 0.00000481. The predicted molar refractivity (Wildman–Crippen MR) is 141 cm³/mol. The number of hydrogen-bond acceptors (Lipinski definition) is 10. The van der Waals surface area contributed by atoms with Crippen molar-refractivity contribution in [1.29, 1.82) is 0 Å². The van der Waals surface area contributed by atoms with Gasteiger partial charge in [-0.1, -0.05) is 6.42 Å². The molecule has 0 radical (unpaired) electrons. The van der Waals surface area contributed by atoms with Gasteiger partial charge < -0.3 is 9.32 Å². The minimum atomic E-state index is -4.91. The summed E-state index contributed by atoms with van der Waals surface area (Å²) in [5.74, 6) is 4.85. The number of unbranched alkanes of at least 4 members (excludes halogenated alkanes) is 2. The van der Waals surface area contributed by atoms with E-state index in [9.17, 15) is 35.5 Å². The molecule has 3 rings (SSSR count). The number of amides is 1. The van der Waals surface area contributed by atoms with Crippen molar-refractivity contribution in [2.45, 2.75) is 41.7 Å². The molecule has 1 amide bonds. The third-order valence-corrected chi connectivity index (χ3v) is 8.89. The van der Waals surface area contributed by atoms with E-state index in [1.54, 1.807) is 18.2 Å². The summed E-state index contributed by atoms with van der Waals surface area (Å²) in [5.41, 5.74) is 1.86. The third kappa shape index (κ3) is 7.84. The number of nitrogens with one attached hydrogen (secondary N) is 1. The molecule has 0 unspecified atom stereocenters. The van der Waals surface area contributed by atoms with Crippen LogP contribution in [0.2, 0.25) is 0 Å². The first-order valence-electron chi connectivity index (χ1n) is 10.8. The van der Waals surface area contributed by atoms with E-state index in [-0.39, 0.29) is 51.5 Å². The van der Waals surface area contributed by atoms with Crippen molar-refractivity contribution >= 4 is 83.7 Å². The molecule has 16 heteroatoms. The standard InChI is InChI=1S/C21H25N3O9S3.Na.H/c1-2-24(9-5-3-4-6-18(25)23-22)14-8-7-13-10-15(21(26)33-16(13)11-14)20-17(35(27,28)29)12-19(34-20)36(30,31)32;;/h7-8,10-12H,2-6,9,22H2,1H3,(H,23,25)(H,27,28,29)(H,30,31,32);;. The van der Waals surface area contributed by atoms with Crippen molar-refractivity contribution in [3.8, 4) is 10.4 Å². The van der Waals surface area contributed by atoms with Gasteiger partial charge in [-0.25, -0.2) is 10.6 Å². The summed E-state index contributed by atoms with van der Waals surface area (Å²) in [6, 6.07) is 7.03. The van der Waals surface area contributed by atoms with Gasteiger partial charge >= 0.3 is 45.3 Å². The molecule has 0 saturated carbocycles. The quantitative estimate of drug-likeness (QED) is 0.0488. The number of nitrogens with zero attached hydrogens (tertiary/aromatic N) is 1. The predicted octanol–water partition coefficient (Wildman–Crippen LogP) is 1.74. The van der Waals surface area contributed by atoms with Gasteiger partial charge in [-0.05, 0) is 44.0 Å². The van der Waals surface area contributed by atoms with E-state index in [0.29, 0.717) is 48.7 Å². The van der Waals surface area contributed by atoms with Crippen LogP contribution in [0.1, 0.15) is 32.6 Å². The molecule has 0 fully saturated rings. The van der Waals surface area contributed by atoms with E-state index in [2.05, 4.69) is 10.3 Å². The molecule has 198 valence electrons. The summed E-state index contributed by atoms with van der Waals surface area (Å²) in [5, 5.41) is 0.431. The Kier molecular flexibility index (Phi) is 10.9. The van der Waals surface area contributed by atoms with Crippen molar-refractivity contribution in [2.75, 3.05) is 18.0 Å². The van der Waals surface area contributed by atoms with Gasteiger partial charge in [0.2, 0.25) is 5.91 Å². The molecule has 0 atom stereocenters. The number of fused-ring (bicyclic) bond motifs is 1. The number of thiophene rings is 1. The molecule has 37 heavy (non-hydrogen) atoms. The van der Waals surface area contributed by atoms with Gasteiger partial charge in [0.15, 0.2) is 0 Å². The van der Waals surface area contributed by atoms with Gasteiger partial charge in [0.05, 0.1) is 10.4 Å². The Hall–Kier alpha value is -1.82. The molecule has 0 bridgehead atoms. The van der Waals surface area contributed by atoms with Crippen LogP contribution in [0, 0.1) is 0 Å². The molecule has 3 aromatic rings. The fraction of sp³-hybridized carbons (Fsp3) is 0.333. The normalized spacial score (nSPS) is 11.8. The second-order valence-corrected chi connectivity index (χ2v) is 11.9. The summed E-state index contributed by atoms with van der Waals surface area (Å²) in [6.45, 7) is 3.33. The average molecular weight is 584 g/mol. The molecule has 0 aliphatic heterocycles. The van der Waals surface area contributed by atoms with E-state index >= 15 is 0 Å². The van der Waals surface area contributed by atoms with E-state index in [0.717, 1.165) is 18.5 Å². The van der Waals surface area contributed by atoms with Gasteiger partial charge in [0, 0.05) is 36.7 Å². The van der Waals surface area contributed by atoms with Gasteiger partial charge in [-0.2, -0.15) is 16.8 Å². The van der Waals surface area contributed by atoms with Crippen LogP contribution in [0.25, 0.3) is 21.4 Å². The number of benzene rings is 1. The zero-order valence-electron chi connectivity index (χ0n) is 19.1. The molecule has 0 spiro atoms. The Morgan fingerprint density at radius 1 is 1.08 bits per heavy atom. The number of rotatable bonds is 11. The fourth-order valence-electron chi connectivity index (χ4n) is 3.62. The van der Waals surface area contributed by atoms with Crippen molar-refractivity contribution in [3.63, 3.8) is 0 Å². The molecular weight excluding hydrogens is 557 g/mol. The number of carbonyl (C=O) groups excluding carboxylic acids is 1. The molecule has 12 nitrogen and oxygen atoms in total. The molecule has 2 heterocycles. The fourth-order valence-corrected chi connectivity index (χ4v) is 6.55. The molecule has 0 saturated heterocycles. The Bertz CT molecular complexity index is 1550. The van der Waals surface area contributed by atoms with Gasteiger partial charge in [-0.15, -0.1) is 11.3 Å². The van der Waals surface area contributed by atoms with Crippen LogP contribution < -0.4 is 21.8 Å². The monoisotopic (exact) mass is 583 g/mol. The van der Waals surface area contributed by atoms with Crippen LogP contribution in [-0.2, 0) is 25.0 Å². The number of nitrogens with two attached hydrogens (primary N) is 1. The van der Waals surface area contributed by atoms with Crippen LogP contribution in [0.15, 0.2) is 48.6 Å². The van der Waals surface area contributed by atoms with Crippen molar-refractivity contribution < 1.29 is 35.2 Å². The Morgan fingerprint density at radius 2 is 1.78 bits per heavy atom. The topological polar surface area (TPSA) is 197 Å². The van der Waals surface area contributed by atoms with Gasteiger partial charge in [0.25, 0.3) is 10.1 Å². The van der Waals surface area contributed by atoms with Crippen molar-refractivity contribution in [1.82, 2.24) is 5.43 Å². The van der Waals surface area contributed by atoms with Crippen molar-refractivity contribution in [2.24, 2.45) is 5.84 Å². The maximum absolute atomic E-state index is 12.7. The average Bonchev–Trinajstić information content (AvgIpc) is 3.27. The first-order valence-corrected chi connectivity index (χ1v) is 14.5. The summed E-state index contributed by atoms with van der Waals surface area (Å²) in [7, 11) is -9.70.